The molecule has 1 aromatic rings. The van der Waals surface area contributed by atoms with Gasteiger partial charge in [-0.25, -0.2) is 0 Å². The van der Waals surface area contributed by atoms with Crippen LogP contribution in [-0.2, 0) is 5.75 Å². The minimum atomic E-state index is 0.0407. The van der Waals surface area contributed by atoms with Gasteiger partial charge in [-0.15, -0.1) is 0 Å². The van der Waals surface area contributed by atoms with Crippen molar-refractivity contribution in [3.63, 3.8) is 0 Å². The van der Waals surface area contributed by atoms with E-state index < -0.39 is 0 Å². The lowest BCUT2D eigenvalue weighted by molar-refractivity contribution is 0.0940. The summed E-state index contributed by atoms with van der Waals surface area (Å²) in [6.45, 7) is 5.25. The molecule has 110 valence electrons. The molecule has 1 heterocycles. The molecular formula is C16H24N2OS. The van der Waals surface area contributed by atoms with Crippen molar-refractivity contribution in [2.45, 2.75) is 31.6 Å². The highest BCUT2D eigenvalue weighted by atomic mass is 32.2. The average Bonchev–Trinajstić information content (AvgIpc) is 2.99. The van der Waals surface area contributed by atoms with Crippen LogP contribution in [0.15, 0.2) is 24.3 Å². The Balaban J connectivity index is 1.86. The van der Waals surface area contributed by atoms with E-state index in [2.05, 4.69) is 29.5 Å². The van der Waals surface area contributed by atoms with Crippen molar-refractivity contribution in [2.75, 3.05) is 25.9 Å². The van der Waals surface area contributed by atoms with E-state index in [1.807, 2.05) is 18.2 Å². The summed E-state index contributed by atoms with van der Waals surface area (Å²) in [6.07, 6.45) is 4.65. The summed E-state index contributed by atoms with van der Waals surface area (Å²) >= 11 is 1.77. The van der Waals surface area contributed by atoms with Crippen LogP contribution in [0.4, 0.5) is 0 Å². The predicted molar refractivity (Wildman–Crippen MR) is 86.3 cm³/mol. The Hall–Kier alpha value is -1.00. The van der Waals surface area contributed by atoms with Crippen molar-refractivity contribution in [1.29, 1.82) is 0 Å². The van der Waals surface area contributed by atoms with Crippen molar-refractivity contribution in [3.8, 4) is 0 Å². The number of benzene rings is 1. The molecule has 20 heavy (non-hydrogen) atoms. The number of rotatable bonds is 6. The molecule has 1 saturated heterocycles. The fourth-order valence-electron chi connectivity index (χ4n) is 2.62. The Morgan fingerprint density at radius 1 is 1.40 bits per heavy atom. The Morgan fingerprint density at radius 3 is 2.85 bits per heavy atom. The summed E-state index contributed by atoms with van der Waals surface area (Å²) < 4.78 is 0. The average molecular weight is 292 g/mol. The molecule has 4 heteroatoms. The Labute approximate surface area is 126 Å². The Bertz CT molecular complexity index is 444. The third-order valence-electron chi connectivity index (χ3n) is 3.82. The van der Waals surface area contributed by atoms with Gasteiger partial charge < -0.3 is 5.32 Å². The van der Waals surface area contributed by atoms with Gasteiger partial charge in [0.25, 0.3) is 5.91 Å². The van der Waals surface area contributed by atoms with Crippen molar-refractivity contribution in [3.05, 3.63) is 35.4 Å². The van der Waals surface area contributed by atoms with Crippen LogP contribution in [0.2, 0.25) is 0 Å². The molecule has 0 aliphatic carbocycles. The number of likely N-dealkylation sites (tertiary alicyclic amines) is 1. The maximum absolute atomic E-state index is 12.2. The van der Waals surface area contributed by atoms with Crippen molar-refractivity contribution < 1.29 is 4.79 Å². The van der Waals surface area contributed by atoms with Crippen LogP contribution in [0, 0.1) is 0 Å². The zero-order chi connectivity index (χ0) is 14.4. The second-order valence-electron chi connectivity index (χ2n) is 5.44. The number of nitrogens with zero attached hydrogens (tertiary/aromatic N) is 1. The van der Waals surface area contributed by atoms with Gasteiger partial charge in [0.2, 0.25) is 0 Å². The van der Waals surface area contributed by atoms with Crippen LogP contribution in [0.1, 0.15) is 35.7 Å². The predicted octanol–water partition coefficient (Wildman–Crippen LogP) is 2.76. The molecule has 0 saturated carbocycles. The number of carbonyl (C=O) groups is 1. The van der Waals surface area contributed by atoms with Gasteiger partial charge in [0.1, 0.15) is 0 Å². The summed E-state index contributed by atoms with van der Waals surface area (Å²) in [7, 11) is 0. The smallest absolute Gasteiger partial charge is 0.251 e. The van der Waals surface area contributed by atoms with Crippen LogP contribution in [0.3, 0.4) is 0 Å². The van der Waals surface area contributed by atoms with Gasteiger partial charge in [-0.2, -0.15) is 11.8 Å². The summed E-state index contributed by atoms with van der Waals surface area (Å²) in [5.41, 5.74) is 1.97. The van der Waals surface area contributed by atoms with Crippen LogP contribution in [0.25, 0.3) is 0 Å². The first-order valence-electron chi connectivity index (χ1n) is 7.31. The number of thioether (sulfide) groups is 1. The van der Waals surface area contributed by atoms with Crippen LogP contribution >= 0.6 is 11.8 Å². The highest BCUT2D eigenvalue weighted by molar-refractivity contribution is 7.97. The molecule has 0 spiro atoms. The summed E-state index contributed by atoms with van der Waals surface area (Å²) in [5, 5.41) is 3.06. The second kappa shape index (κ2) is 7.70. The highest BCUT2D eigenvalue weighted by Crippen LogP contribution is 2.12. The molecule has 1 atom stereocenters. The summed E-state index contributed by atoms with van der Waals surface area (Å²) in [6, 6.07) is 8.34. The second-order valence-corrected chi connectivity index (χ2v) is 6.30. The molecule has 0 radical (unpaired) electrons. The molecule has 1 N–H and O–H groups in total. The van der Waals surface area contributed by atoms with Gasteiger partial charge in [-0.3, -0.25) is 9.69 Å². The van der Waals surface area contributed by atoms with E-state index in [1.54, 1.807) is 11.8 Å². The van der Waals surface area contributed by atoms with E-state index in [1.165, 1.54) is 31.5 Å². The lowest BCUT2D eigenvalue weighted by Gasteiger charge is -2.23. The fourth-order valence-corrected chi connectivity index (χ4v) is 3.14. The monoisotopic (exact) mass is 292 g/mol. The summed E-state index contributed by atoms with van der Waals surface area (Å²) in [4.78, 5) is 14.6. The summed E-state index contributed by atoms with van der Waals surface area (Å²) in [5.74, 6) is 0.990. The Kier molecular flexibility index (Phi) is 5.92. The fraction of sp³-hybridized carbons (Fsp3) is 0.562. The Morgan fingerprint density at radius 2 is 2.15 bits per heavy atom. The number of amides is 1. The van der Waals surface area contributed by atoms with E-state index in [-0.39, 0.29) is 5.91 Å². The van der Waals surface area contributed by atoms with Gasteiger partial charge >= 0.3 is 0 Å². The molecule has 0 bridgehead atoms. The molecule has 1 fully saturated rings. The third-order valence-corrected chi connectivity index (χ3v) is 4.44. The molecule has 0 unspecified atom stereocenters. The molecule has 2 rings (SSSR count). The first-order chi connectivity index (χ1) is 9.70. The first kappa shape index (κ1) is 15.4. The molecule has 1 aliphatic rings. The molecule has 1 aromatic carbocycles. The van der Waals surface area contributed by atoms with Crippen molar-refractivity contribution >= 4 is 17.7 Å². The number of hydrogen-bond donors (Lipinski definition) is 1. The van der Waals surface area contributed by atoms with Gasteiger partial charge in [-0.05, 0) is 56.8 Å². The number of nitrogens with one attached hydrogen (secondary N) is 1. The lowest BCUT2D eigenvalue weighted by atomic mass is 10.1. The maximum Gasteiger partial charge on any atom is 0.251 e. The van der Waals surface area contributed by atoms with Gasteiger partial charge in [0, 0.05) is 23.9 Å². The SMILES string of the molecule is CSCc1cccc(C(=O)NC[C@@H](C)N2CCCC2)c1. The van der Waals surface area contributed by atoms with Crippen molar-refractivity contribution in [2.24, 2.45) is 0 Å². The van der Waals surface area contributed by atoms with E-state index in [4.69, 9.17) is 0 Å². The van der Waals surface area contributed by atoms with Crippen LogP contribution in [-0.4, -0.2) is 42.7 Å². The standard InChI is InChI=1S/C16H24N2OS/c1-13(18-8-3-4-9-18)11-17-16(19)15-7-5-6-14(10-15)12-20-2/h5-7,10,13H,3-4,8-9,11-12H2,1-2H3,(H,17,19)/t13-/m1/s1. The lowest BCUT2D eigenvalue weighted by Crippen LogP contribution is -2.40. The molecule has 0 aromatic heterocycles. The van der Waals surface area contributed by atoms with Gasteiger partial charge in [-0.1, -0.05) is 12.1 Å². The maximum atomic E-state index is 12.2. The van der Waals surface area contributed by atoms with E-state index in [9.17, 15) is 4.79 Å². The largest absolute Gasteiger partial charge is 0.350 e. The topological polar surface area (TPSA) is 32.3 Å². The number of carbonyl (C=O) groups excluding carboxylic acids is 1. The van der Waals surface area contributed by atoms with Crippen LogP contribution < -0.4 is 5.32 Å². The molecule has 1 aliphatic heterocycles. The quantitative estimate of drug-likeness (QED) is 0.875. The molecule has 1 amide bonds. The minimum absolute atomic E-state index is 0.0407. The molecular weight excluding hydrogens is 268 g/mol. The van der Waals surface area contributed by atoms with E-state index >= 15 is 0 Å². The third kappa shape index (κ3) is 4.25. The first-order valence-corrected chi connectivity index (χ1v) is 8.70. The minimum Gasteiger partial charge on any atom is -0.350 e. The highest BCUT2D eigenvalue weighted by Gasteiger charge is 2.18. The number of hydrogen-bond acceptors (Lipinski definition) is 3. The van der Waals surface area contributed by atoms with Gasteiger partial charge in [0.15, 0.2) is 0 Å². The zero-order valence-electron chi connectivity index (χ0n) is 12.4. The molecule has 3 nitrogen and oxygen atoms in total. The zero-order valence-corrected chi connectivity index (χ0v) is 13.2. The van der Waals surface area contributed by atoms with E-state index in [0.717, 1.165) is 17.9 Å². The van der Waals surface area contributed by atoms with E-state index in [0.29, 0.717) is 6.04 Å². The van der Waals surface area contributed by atoms with Gasteiger partial charge in [0.05, 0.1) is 0 Å². The van der Waals surface area contributed by atoms with Crippen molar-refractivity contribution in [1.82, 2.24) is 10.2 Å². The normalized spacial score (nSPS) is 17.1. The van der Waals surface area contributed by atoms with Crippen LogP contribution in [0.5, 0.6) is 0 Å².